The SMILES string of the molecule is C=C1CCC[C@@]2(C)C[C@@H]3OC(=O)[C@@H](CN[C@@H](C)CCCC(C)C)[C@H]3C[C@@H]12. The first-order valence-corrected chi connectivity index (χ1v) is 10.9. The zero-order valence-electron chi connectivity index (χ0n) is 17.4. The molecule has 0 spiro atoms. The van der Waals surface area contributed by atoms with E-state index in [0.717, 1.165) is 25.3 Å². The Morgan fingerprint density at radius 3 is 2.81 bits per heavy atom. The number of nitrogens with one attached hydrogen (secondary N) is 1. The summed E-state index contributed by atoms with van der Waals surface area (Å²) < 4.78 is 5.86. The fourth-order valence-corrected chi connectivity index (χ4v) is 5.75. The Labute approximate surface area is 160 Å². The number of esters is 1. The largest absolute Gasteiger partial charge is 0.462 e. The zero-order chi connectivity index (χ0) is 18.9. The van der Waals surface area contributed by atoms with Gasteiger partial charge in [-0.1, -0.05) is 45.8 Å². The predicted octanol–water partition coefficient (Wildman–Crippen LogP) is 5.11. The highest BCUT2D eigenvalue weighted by atomic mass is 16.6. The third-order valence-electron chi connectivity index (χ3n) is 7.42. The number of rotatable bonds is 7. The third kappa shape index (κ3) is 4.18. The highest BCUT2D eigenvalue weighted by Crippen LogP contribution is 2.56. The number of hydrogen-bond donors (Lipinski definition) is 1. The van der Waals surface area contributed by atoms with Gasteiger partial charge in [0.05, 0.1) is 5.92 Å². The van der Waals surface area contributed by atoms with Crippen molar-refractivity contribution in [2.75, 3.05) is 6.54 Å². The van der Waals surface area contributed by atoms with Gasteiger partial charge in [-0.2, -0.15) is 0 Å². The van der Waals surface area contributed by atoms with Crippen LogP contribution < -0.4 is 5.32 Å². The van der Waals surface area contributed by atoms with Crippen molar-refractivity contribution < 1.29 is 9.53 Å². The van der Waals surface area contributed by atoms with E-state index in [1.165, 1.54) is 44.1 Å². The van der Waals surface area contributed by atoms with Crippen molar-refractivity contribution in [1.82, 2.24) is 5.32 Å². The summed E-state index contributed by atoms with van der Waals surface area (Å²) in [5.41, 5.74) is 1.72. The quantitative estimate of drug-likeness (QED) is 0.506. The average molecular weight is 362 g/mol. The number of carbonyl (C=O) groups excluding carboxylic acids is 1. The molecule has 1 aliphatic heterocycles. The fraction of sp³-hybridized carbons (Fsp3) is 0.870. The number of hydrogen-bond acceptors (Lipinski definition) is 3. The molecule has 26 heavy (non-hydrogen) atoms. The molecule has 1 saturated heterocycles. The molecule has 148 valence electrons. The zero-order valence-corrected chi connectivity index (χ0v) is 17.4. The second-order valence-corrected chi connectivity index (χ2v) is 10.0. The summed E-state index contributed by atoms with van der Waals surface area (Å²) >= 11 is 0. The molecule has 2 saturated carbocycles. The minimum absolute atomic E-state index is 0.0341. The van der Waals surface area contributed by atoms with Gasteiger partial charge < -0.3 is 10.1 Å². The Bertz CT molecular complexity index is 528. The van der Waals surface area contributed by atoms with E-state index in [1.54, 1.807) is 0 Å². The van der Waals surface area contributed by atoms with Crippen LogP contribution in [0.2, 0.25) is 0 Å². The Balaban J connectivity index is 1.56. The summed E-state index contributed by atoms with van der Waals surface area (Å²) in [4.78, 5) is 12.6. The van der Waals surface area contributed by atoms with Crippen molar-refractivity contribution in [3.8, 4) is 0 Å². The van der Waals surface area contributed by atoms with E-state index in [9.17, 15) is 4.79 Å². The molecule has 3 fully saturated rings. The molecule has 6 atom stereocenters. The van der Waals surface area contributed by atoms with Crippen LogP contribution in [-0.2, 0) is 9.53 Å². The smallest absolute Gasteiger partial charge is 0.310 e. The molecular formula is C23H39NO2. The van der Waals surface area contributed by atoms with Gasteiger partial charge in [0.2, 0.25) is 0 Å². The van der Waals surface area contributed by atoms with E-state index in [0.29, 0.717) is 23.3 Å². The molecule has 0 aromatic rings. The van der Waals surface area contributed by atoms with E-state index in [4.69, 9.17) is 4.74 Å². The Hall–Kier alpha value is -0.830. The highest BCUT2D eigenvalue weighted by molar-refractivity contribution is 5.75. The molecule has 0 aromatic heterocycles. The summed E-state index contributed by atoms with van der Waals surface area (Å²) in [7, 11) is 0. The maximum atomic E-state index is 12.6. The number of fused-ring (bicyclic) bond motifs is 2. The minimum atomic E-state index is 0.0341. The van der Waals surface area contributed by atoms with E-state index >= 15 is 0 Å². The summed E-state index contributed by atoms with van der Waals surface area (Å²) in [6.45, 7) is 14.4. The standard InChI is InChI=1S/C23H39NO2/c1-15(2)8-6-10-17(4)24-14-19-18-12-20-16(3)9-7-11-23(20,5)13-21(18)26-22(19)25/h15,17-21,24H,3,6-14H2,1-2,4-5H3/t17-,18+,19-,20-,21-,23-/m0/s1. The number of allylic oxidation sites excluding steroid dienone is 1. The van der Waals surface area contributed by atoms with Crippen molar-refractivity contribution in [2.45, 2.75) is 91.2 Å². The second kappa shape index (κ2) is 8.04. The lowest BCUT2D eigenvalue weighted by Gasteiger charge is -2.50. The molecule has 3 nitrogen and oxygen atoms in total. The second-order valence-electron chi connectivity index (χ2n) is 10.0. The van der Waals surface area contributed by atoms with E-state index < -0.39 is 0 Å². The number of ether oxygens (including phenoxy) is 1. The molecule has 0 amide bonds. The number of carbonyl (C=O) groups is 1. The van der Waals surface area contributed by atoms with E-state index in [-0.39, 0.29) is 18.0 Å². The van der Waals surface area contributed by atoms with Gasteiger partial charge in [-0.25, -0.2) is 0 Å². The fourth-order valence-electron chi connectivity index (χ4n) is 5.75. The van der Waals surface area contributed by atoms with E-state index in [2.05, 4.69) is 39.6 Å². The van der Waals surface area contributed by atoms with Gasteiger partial charge in [0.1, 0.15) is 6.10 Å². The van der Waals surface area contributed by atoms with Crippen molar-refractivity contribution in [3.63, 3.8) is 0 Å². The van der Waals surface area contributed by atoms with Crippen LogP contribution in [0.25, 0.3) is 0 Å². The van der Waals surface area contributed by atoms with Gasteiger partial charge in [-0.05, 0) is 62.7 Å². The molecule has 1 heterocycles. The summed E-state index contributed by atoms with van der Waals surface area (Å²) in [5.74, 6) is 1.80. The van der Waals surface area contributed by atoms with Crippen LogP contribution in [0.5, 0.6) is 0 Å². The lowest BCUT2D eigenvalue weighted by Crippen LogP contribution is -2.45. The third-order valence-corrected chi connectivity index (χ3v) is 7.42. The van der Waals surface area contributed by atoms with Gasteiger partial charge in [-0.3, -0.25) is 4.79 Å². The van der Waals surface area contributed by atoms with Crippen molar-refractivity contribution >= 4 is 5.97 Å². The molecular weight excluding hydrogens is 322 g/mol. The monoisotopic (exact) mass is 361 g/mol. The summed E-state index contributed by atoms with van der Waals surface area (Å²) in [6.07, 6.45) is 9.67. The summed E-state index contributed by atoms with van der Waals surface area (Å²) in [5, 5.41) is 3.63. The van der Waals surface area contributed by atoms with Gasteiger partial charge >= 0.3 is 5.97 Å². The molecule has 0 aromatic carbocycles. The molecule has 0 radical (unpaired) electrons. The van der Waals surface area contributed by atoms with Crippen LogP contribution in [0.4, 0.5) is 0 Å². The van der Waals surface area contributed by atoms with Gasteiger partial charge in [0, 0.05) is 18.5 Å². The van der Waals surface area contributed by atoms with Gasteiger partial charge in [-0.15, -0.1) is 0 Å². The van der Waals surface area contributed by atoms with Crippen molar-refractivity contribution in [3.05, 3.63) is 12.2 Å². The van der Waals surface area contributed by atoms with Gasteiger partial charge in [0.25, 0.3) is 0 Å². The first-order chi connectivity index (χ1) is 12.3. The minimum Gasteiger partial charge on any atom is -0.462 e. The normalized spacial score (nSPS) is 38.0. The molecule has 0 bridgehead atoms. The predicted molar refractivity (Wildman–Crippen MR) is 107 cm³/mol. The van der Waals surface area contributed by atoms with E-state index in [1.807, 2.05) is 0 Å². The maximum absolute atomic E-state index is 12.6. The van der Waals surface area contributed by atoms with Crippen LogP contribution >= 0.6 is 0 Å². The van der Waals surface area contributed by atoms with Crippen LogP contribution in [0.3, 0.4) is 0 Å². The molecule has 2 aliphatic carbocycles. The summed E-state index contributed by atoms with van der Waals surface area (Å²) in [6, 6.07) is 0.471. The molecule has 0 unspecified atom stereocenters. The molecule has 3 aliphatic rings. The Morgan fingerprint density at radius 2 is 2.08 bits per heavy atom. The maximum Gasteiger partial charge on any atom is 0.310 e. The van der Waals surface area contributed by atoms with Crippen molar-refractivity contribution in [2.24, 2.45) is 29.1 Å². The highest BCUT2D eigenvalue weighted by Gasteiger charge is 2.54. The average Bonchev–Trinajstić information content (AvgIpc) is 2.84. The van der Waals surface area contributed by atoms with Crippen molar-refractivity contribution in [1.29, 1.82) is 0 Å². The molecule has 3 heteroatoms. The lowest BCUT2D eigenvalue weighted by atomic mass is 9.55. The van der Waals surface area contributed by atoms with Crippen LogP contribution in [-0.4, -0.2) is 24.7 Å². The first-order valence-electron chi connectivity index (χ1n) is 10.9. The van der Waals surface area contributed by atoms with Crippen LogP contribution in [0.15, 0.2) is 12.2 Å². The molecule has 3 rings (SSSR count). The van der Waals surface area contributed by atoms with Crippen LogP contribution in [0.1, 0.15) is 79.1 Å². The lowest BCUT2D eigenvalue weighted by molar-refractivity contribution is -0.146. The van der Waals surface area contributed by atoms with Crippen LogP contribution in [0, 0.1) is 29.1 Å². The topological polar surface area (TPSA) is 38.3 Å². The molecule has 1 N–H and O–H groups in total. The Morgan fingerprint density at radius 1 is 1.31 bits per heavy atom. The first kappa shape index (κ1) is 19.9. The van der Waals surface area contributed by atoms with Gasteiger partial charge in [0.15, 0.2) is 0 Å². The Kier molecular flexibility index (Phi) is 6.16.